The Labute approximate surface area is 154 Å². The lowest BCUT2D eigenvalue weighted by atomic mass is 10.1. The molecule has 4 rings (SSSR count). The summed E-state index contributed by atoms with van der Waals surface area (Å²) in [4.78, 5) is 38.3. The van der Waals surface area contributed by atoms with E-state index < -0.39 is 11.8 Å². The fraction of sp³-hybridized carbons (Fsp3) is 0.211. The number of nitrogens with zero attached hydrogens (tertiary/aromatic N) is 1. The number of imide groups is 1. The van der Waals surface area contributed by atoms with E-state index in [1.165, 1.54) is 18.4 Å². The summed E-state index contributed by atoms with van der Waals surface area (Å²) >= 11 is 0. The highest BCUT2D eigenvalue weighted by Gasteiger charge is 2.30. The number of hydrogen-bond acceptors (Lipinski definition) is 6. The first-order valence-corrected chi connectivity index (χ1v) is 8.43. The first-order valence-electron chi connectivity index (χ1n) is 8.43. The minimum atomic E-state index is -0.577. The Morgan fingerprint density at radius 1 is 1.15 bits per heavy atom. The number of rotatable bonds is 4. The van der Waals surface area contributed by atoms with Crippen LogP contribution in [0.2, 0.25) is 0 Å². The van der Waals surface area contributed by atoms with Gasteiger partial charge in [-0.15, -0.1) is 0 Å². The van der Waals surface area contributed by atoms with Crippen molar-refractivity contribution < 1.29 is 28.3 Å². The molecule has 138 valence electrons. The summed E-state index contributed by atoms with van der Waals surface area (Å²) in [6, 6.07) is 8.19. The van der Waals surface area contributed by atoms with Gasteiger partial charge in [0.2, 0.25) is 12.7 Å². The SMILES string of the molecule is O=C(NC(=Cc1ccc2c(c1)OCO2)C(=O)N1CCCC1=O)c1ccco1. The molecule has 0 radical (unpaired) electrons. The number of furan rings is 1. The topological polar surface area (TPSA) is 98.1 Å². The number of nitrogens with one attached hydrogen (secondary N) is 1. The first kappa shape index (κ1) is 16.9. The predicted molar refractivity (Wildman–Crippen MR) is 92.7 cm³/mol. The van der Waals surface area contributed by atoms with Gasteiger partial charge in [-0.25, -0.2) is 0 Å². The largest absolute Gasteiger partial charge is 0.459 e. The molecule has 8 nitrogen and oxygen atoms in total. The molecule has 0 saturated carbocycles. The molecule has 8 heteroatoms. The number of amides is 3. The molecule has 1 N–H and O–H groups in total. The molecule has 0 atom stereocenters. The number of benzene rings is 1. The number of fused-ring (bicyclic) bond motifs is 1. The maximum Gasteiger partial charge on any atom is 0.291 e. The molecular formula is C19H16N2O6. The molecule has 2 aliphatic heterocycles. The van der Waals surface area contributed by atoms with Gasteiger partial charge in [0.25, 0.3) is 11.8 Å². The fourth-order valence-corrected chi connectivity index (χ4v) is 2.92. The summed E-state index contributed by atoms with van der Waals surface area (Å²) in [5, 5.41) is 2.55. The molecule has 1 aromatic heterocycles. The number of carbonyl (C=O) groups excluding carboxylic acids is 3. The van der Waals surface area contributed by atoms with Gasteiger partial charge in [0.05, 0.1) is 6.26 Å². The van der Waals surface area contributed by atoms with Crippen LogP contribution in [0.4, 0.5) is 0 Å². The second-order valence-corrected chi connectivity index (χ2v) is 6.06. The van der Waals surface area contributed by atoms with E-state index in [-0.39, 0.29) is 24.2 Å². The zero-order chi connectivity index (χ0) is 18.8. The third kappa shape index (κ3) is 3.41. The summed E-state index contributed by atoms with van der Waals surface area (Å²) in [6.07, 6.45) is 3.78. The van der Waals surface area contributed by atoms with Gasteiger partial charge in [0.1, 0.15) is 5.70 Å². The molecule has 0 aliphatic carbocycles. The summed E-state index contributed by atoms with van der Waals surface area (Å²) in [5.41, 5.74) is 0.597. The Balaban J connectivity index is 1.65. The van der Waals surface area contributed by atoms with Gasteiger partial charge in [0, 0.05) is 13.0 Å². The van der Waals surface area contributed by atoms with Crippen LogP contribution in [0.1, 0.15) is 29.0 Å². The number of hydrogen-bond donors (Lipinski definition) is 1. The summed E-state index contributed by atoms with van der Waals surface area (Å²) in [5.74, 6) is -0.183. The van der Waals surface area contributed by atoms with E-state index in [9.17, 15) is 14.4 Å². The highest BCUT2D eigenvalue weighted by atomic mass is 16.7. The van der Waals surface area contributed by atoms with Crippen LogP contribution in [0.25, 0.3) is 6.08 Å². The zero-order valence-electron chi connectivity index (χ0n) is 14.3. The lowest BCUT2D eigenvalue weighted by molar-refractivity contribution is -0.139. The maximum atomic E-state index is 12.8. The van der Waals surface area contributed by atoms with Gasteiger partial charge < -0.3 is 19.2 Å². The normalized spacial score (nSPS) is 15.9. The zero-order valence-corrected chi connectivity index (χ0v) is 14.3. The van der Waals surface area contributed by atoms with E-state index in [2.05, 4.69) is 5.32 Å². The summed E-state index contributed by atoms with van der Waals surface area (Å²) < 4.78 is 15.7. The molecule has 1 fully saturated rings. The molecule has 1 saturated heterocycles. The Bertz CT molecular complexity index is 932. The Kier molecular flexibility index (Phi) is 4.37. The predicted octanol–water partition coefficient (Wildman–Crippen LogP) is 1.93. The van der Waals surface area contributed by atoms with Crippen LogP contribution in [-0.2, 0) is 9.59 Å². The van der Waals surface area contributed by atoms with Crippen LogP contribution in [0, 0.1) is 0 Å². The van der Waals surface area contributed by atoms with E-state index >= 15 is 0 Å². The van der Waals surface area contributed by atoms with Crippen molar-refractivity contribution in [2.24, 2.45) is 0 Å². The molecule has 0 spiro atoms. The molecule has 27 heavy (non-hydrogen) atoms. The van der Waals surface area contributed by atoms with Crippen LogP contribution in [0.15, 0.2) is 46.7 Å². The average molecular weight is 368 g/mol. The number of likely N-dealkylation sites (tertiary alicyclic amines) is 1. The second-order valence-electron chi connectivity index (χ2n) is 6.06. The van der Waals surface area contributed by atoms with Crippen molar-refractivity contribution in [1.82, 2.24) is 10.2 Å². The quantitative estimate of drug-likeness (QED) is 0.828. The van der Waals surface area contributed by atoms with Crippen molar-refractivity contribution in [3.05, 3.63) is 53.6 Å². The number of carbonyl (C=O) groups is 3. The van der Waals surface area contributed by atoms with Crippen molar-refractivity contribution in [2.75, 3.05) is 13.3 Å². The second kappa shape index (κ2) is 6.99. The van der Waals surface area contributed by atoms with E-state index in [4.69, 9.17) is 13.9 Å². The standard InChI is InChI=1S/C19H16N2O6/c22-17-4-1-7-21(17)19(24)13(20-18(23)15-3-2-8-25-15)9-12-5-6-14-16(10-12)27-11-26-14/h2-3,5-6,8-10H,1,4,7,11H2,(H,20,23). The van der Waals surface area contributed by atoms with Crippen LogP contribution in [0.5, 0.6) is 11.5 Å². The molecule has 2 aliphatic rings. The van der Waals surface area contributed by atoms with Crippen molar-refractivity contribution in [1.29, 1.82) is 0 Å². The van der Waals surface area contributed by atoms with Gasteiger partial charge in [-0.05, 0) is 42.3 Å². The first-order chi connectivity index (χ1) is 13.1. The van der Waals surface area contributed by atoms with Crippen LogP contribution < -0.4 is 14.8 Å². The van der Waals surface area contributed by atoms with Crippen LogP contribution >= 0.6 is 0 Å². The smallest absolute Gasteiger partial charge is 0.291 e. The minimum absolute atomic E-state index is 0.0227. The molecule has 0 unspecified atom stereocenters. The molecule has 2 aromatic rings. The highest BCUT2D eigenvalue weighted by Crippen LogP contribution is 2.33. The highest BCUT2D eigenvalue weighted by molar-refractivity contribution is 6.10. The van der Waals surface area contributed by atoms with Gasteiger partial charge in [-0.3, -0.25) is 19.3 Å². The third-order valence-corrected chi connectivity index (χ3v) is 4.25. The van der Waals surface area contributed by atoms with Crippen molar-refractivity contribution >= 4 is 23.8 Å². The van der Waals surface area contributed by atoms with Gasteiger partial charge in [0.15, 0.2) is 17.3 Å². The van der Waals surface area contributed by atoms with Crippen LogP contribution in [0.3, 0.4) is 0 Å². The van der Waals surface area contributed by atoms with Crippen molar-refractivity contribution in [2.45, 2.75) is 12.8 Å². The third-order valence-electron chi connectivity index (χ3n) is 4.25. The van der Waals surface area contributed by atoms with E-state index in [1.54, 1.807) is 24.3 Å². The Morgan fingerprint density at radius 3 is 2.74 bits per heavy atom. The van der Waals surface area contributed by atoms with Gasteiger partial charge >= 0.3 is 0 Å². The van der Waals surface area contributed by atoms with Gasteiger partial charge in [-0.1, -0.05) is 6.07 Å². The molecular weight excluding hydrogens is 352 g/mol. The van der Waals surface area contributed by atoms with Crippen molar-refractivity contribution in [3.8, 4) is 11.5 Å². The lowest BCUT2D eigenvalue weighted by Gasteiger charge is -2.16. The van der Waals surface area contributed by atoms with Crippen LogP contribution in [-0.4, -0.2) is 36.0 Å². The van der Waals surface area contributed by atoms with E-state index in [0.29, 0.717) is 36.4 Å². The number of ether oxygens (including phenoxy) is 2. The Morgan fingerprint density at radius 2 is 2.00 bits per heavy atom. The molecule has 3 heterocycles. The summed E-state index contributed by atoms with van der Waals surface area (Å²) in [6.45, 7) is 0.457. The average Bonchev–Trinajstić information content (AvgIpc) is 3.41. The maximum absolute atomic E-state index is 12.8. The fourth-order valence-electron chi connectivity index (χ4n) is 2.92. The molecule has 1 aromatic carbocycles. The van der Waals surface area contributed by atoms with E-state index in [0.717, 1.165) is 4.90 Å². The molecule has 3 amide bonds. The monoisotopic (exact) mass is 368 g/mol. The molecule has 0 bridgehead atoms. The minimum Gasteiger partial charge on any atom is -0.459 e. The lowest BCUT2D eigenvalue weighted by Crippen LogP contribution is -2.39. The van der Waals surface area contributed by atoms with Crippen molar-refractivity contribution in [3.63, 3.8) is 0 Å². The van der Waals surface area contributed by atoms with Gasteiger partial charge in [-0.2, -0.15) is 0 Å². The summed E-state index contributed by atoms with van der Waals surface area (Å²) in [7, 11) is 0. The van der Waals surface area contributed by atoms with E-state index in [1.807, 2.05) is 0 Å². The Hall–Kier alpha value is -3.55.